The molecule has 1 amide bonds. The Hall–Kier alpha value is -1.89. The number of likely N-dealkylation sites (N-methyl/N-ethyl adjacent to an activating group) is 1. The molecule has 110 valence electrons. The summed E-state index contributed by atoms with van der Waals surface area (Å²) in [6, 6.07) is 0.687. The van der Waals surface area contributed by atoms with Crippen LogP contribution in [0.5, 0.6) is 0 Å². The molecule has 1 unspecified atom stereocenters. The van der Waals surface area contributed by atoms with Crippen LogP contribution in [0.1, 0.15) is 20.8 Å². The summed E-state index contributed by atoms with van der Waals surface area (Å²) in [4.78, 5) is 27.6. The number of carbonyl (C=O) groups excluding carboxylic acids is 1. The number of anilines is 1. The van der Waals surface area contributed by atoms with E-state index in [0.29, 0.717) is 13.1 Å². The number of nitrogens with one attached hydrogen (secondary N) is 1. The Labute approximate surface area is 122 Å². The Morgan fingerprint density at radius 3 is 2.60 bits per heavy atom. The molecule has 0 radical (unpaired) electrons. The maximum absolute atomic E-state index is 12.1. The maximum atomic E-state index is 12.1. The topological polar surface area (TPSA) is 88.4 Å². The average Bonchev–Trinajstić information content (AvgIpc) is 2.41. The molecule has 1 rings (SSSR count). The van der Waals surface area contributed by atoms with Crippen LogP contribution < -0.4 is 5.32 Å². The van der Waals surface area contributed by atoms with Crippen LogP contribution in [0.2, 0.25) is 5.02 Å². The molecule has 1 aromatic rings. The minimum absolute atomic E-state index is 0.0776. The van der Waals surface area contributed by atoms with Crippen LogP contribution in [0.3, 0.4) is 0 Å². The smallest absolute Gasteiger partial charge is 0.289 e. The summed E-state index contributed by atoms with van der Waals surface area (Å²) < 4.78 is 0. The minimum Gasteiger partial charge on any atom is -0.357 e. The van der Waals surface area contributed by atoms with Crippen molar-refractivity contribution in [1.82, 2.24) is 9.88 Å². The number of carbonyl (C=O) groups is 1. The molecule has 0 saturated carbocycles. The zero-order valence-electron chi connectivity index (χ0n) is 11.6. The minimum atomic E-state index is -0.576. The van der Waals surface area contributed by atoms with Gasteiger partial charge in [0.15, 0.2) is 0 Å². The van der Waals surface area contributed by atoms with E-state index in [9.17, 15) is 14.9 Å². The van der Waals surface area contributed by atoms with Crippen LogP contribution in [-0.4, -0.2) is 39.8 Å². The Bertz CT molecular complexity index is 505. The number of hydrogen-bond acceptors (Lipinski definition) is 5. The van der Waals surface area contributed by atoms with Crippen molar-refractivity contribution in [3.8, 4) is 0 Å². The van der Waals surface area contributed by atoms with Crippen LogP contribution in [-0.2, 0) is 4.79 Å². The molecule has 7 nitrogen and oxygen atoms in total. The van der Waals surface area contributed by atoms with Crippen molar-refractivity contribution in [2.75, 3.05) is 18.4 Å². The third-order valence-electron chi connectivity index (χ3n) is 2.84. The standard InChI is InChI=1S/C12H17ClN4O3/c1-4-16(5-2)12(18)8(3)15-11-10(13)6-9(7-14-11)17(19)20/h6-8H,4-5H2,1-3H3,(H,14,15). The Morgan fingerprint density at radius 1 is 1.55 bits per heavy atom. The fourth-order valence-corrected chi connectivity index (χ4v) is 1.92. The first-order chi connectivity index (χ1) is 9.40. The SMILES string of the molecule is CCN(CC)C(=O)C(C)Nc1ncc([N+](=O)[O-])cc1Cl. The van der Waals surface area contributed by atoms with Gasteiger partial charge >= 0.3 is 0 Å². The highest BCUT2D eigenvalue weighted by Gasteiger charge is 2.20. The molecule has 1 aromatic heterocycles. The molecule has 8 heteroatoms. The highest BCUT2D eigenvalue weighted by molar-refractivity contribution is 6.33. The largest absolute Gasteiger partial charge is 0.357 e. The predicted molar refractivity (Wildman–Crippen MR) is 76.9 cm³/mol. The van der Waals surface area contributed by atoms with E-state index in [2.05, 4.69) is 10.3 Å². The van der Waals surface area contributed by atoms with Crippen molar-refractivity contribution < 1.29 is 9.72 Å². The number of nitrogens with zero attached hydrogens (tertiary/aromatic N) is 3. The van der Waals surface area contributed by atoms with Crippen molar-refractivity contribution in [2.24, 2.45) is 0 Å². The lowest BCUT2D eigenvalue weighted by Crippen LogP contribution is -2.41. The molecule has 0 fully saturated rings. The number of hydrogen-bond donors (Lipinski definition) is 1. The lowest BCUT2D eigenvalue weighted by Gasteiger charge is -2.23. The van der Waals surface area contributed by atoms with Gasteiger partial charge in [-0.3, -0.25) is 14.9 Å². The van der Waals surface area contributed by atoms with Gasteiger partial charge in [-0.1, -0.05) is 11.6 Å². The molecule has 0 aliphatic rings. The molecule has 1 atom stereocenters. The van der Waals surface area contributed by atoms with Crippen molar-refractivity contribution in [3.63, 3.8) is 0 Å². The molecule has 0 spiro atoms. The maximum Gasteiger partial charge on any atom is 0.289 e. The van der Waals surface area contributed by atoms with E-state index < -0.39 is 11.0 Å². The van der Waals surface area contributed by atoms with Crippen LogP contribution in [0.4, 0.5) is 11.5 Å². The zero-order valence-corrected chi connectivity index (χ0v) is 12.3. The highest BCUT2D eigenvalue weighted by atomic mass is 35.5. The Kier molecular flexibility index (Phi) is 5.69. The van der Waals surface area contributed by atoms with Gasteiger partial charge in [0.2, 0.25) is 5.91 Å². The van der Waals surface area contributed by atoms with Gasteiger partial charge in [0.05, 0.1) is 9.95 Å². The lowest BCUT2D eigenvalue weighted by molar-refractivity contribution is -0.385. The molecule has 0 saturated heterocycles. The molecule has 1 N–H and O–H groups in total. The van der Waals surface area contributed by atoms with E-state index in [1.807, 2.05) is 13.8 Å². The second-order valence-electron chi connectivity index (χ2n) is 4.16. The summed E-state index contributed by atoms with van der Waals surface area (Å²) in [6.07, 6.45) is 1.10. The number of halogens is 1. The summed E-state index contributed by atoms with van der Waals surface area (Å²) in [6.45, 7) is 6.71. The second-order valence-corrected chi connectivity index (χ2v) is 4.56. The predicted octanol–water partition coefficient (Wildman–Crippen LogP) is 2.31. The van der Waals surface area contributed by atoms with Crippen molar-refractivity contribution in [1.29, 1.82) is 0 Å². The molecule has 0 aliphatic heterocycles. The van der Waals surface area contributed by atoms with Crippen LogP contribution in [0.25, 0.3) is 0 Å². The number of amides is 1. The number of pyridine rings is 1. The van der Waals surface area contributed by atoms with Gasteiger partial charge in [0.1, 0.15) is 18.1 Å². The molecule has 0 bridgehead atoms. The number of aromatic nitrogens is 1. The fourth-order valence-electron chi connectivity index (χ4n) is 1.71. The molecule has 1 heterocycles. The van der Waals surface area contributed by atoms with Gasteiger partial charge in [-0.05, 0) is 20.8 Å². The average molecular weight is 301 g/mol. The summed E-state index contributed by atoms with van der Waals surface area (Å²) in [5, 5.41) is 13.6. The first-order valence-corrected chi connectivity index (χ1v) is 6.63. The highest BCUT2D eigenvalue weighted by Crippen LogP contribution is 2.24. The van der Waals surface area contributed by atoms with Gasteiger partial charge in [0.25, 0.3) is 5.69 Å². The Balaban J connectivity index is 2.83. The number of rotatable bonds is 6. The van der Waals surface area contributed by atoms with E-state index in [4.69, 9.17) is 11.6 Å². The lowest BCUT2D eigenvalue weighted by atomic mass is 10.2. The van der Waals surface area contributed by atoms with E-state index in [0.717, 1.165) is 6.20 Å². The van der Waals surface area contributed by atoms with E-state index in [-0.39, 0.29) is 22.4 Å². The first-order valence-electron chi connectivity index (χ1n) is 6.25. The van der Waals surface area contributed by atoms with E-state index in [1.165, 1.54) is 6.07 Å². The Morgan fingerprint density at radius 2 is 2.15 bits per heavy atom. The van der Waals surface area contributed by atoms with Crippen LogP contribution in [0, 0.1) is 10.1 Å². The quantitative estimate of drug-likeness (QED) is 0.643. The summed E-state index contributed by atoms with van der Waals surface area (Å²) in [7, 11) is 0. The summed E-state index contributed by atoms with van der Waals surface area (Å²) in [5.74, 6) is 0.177. The van der Waals surface area contributed by atoms with E-state index >= 15 is 0 Å². The van der Waals surface area contributed by atoms with Crippen LogP contribution >= 0.6 is 11.6 Å². The first kappa shape index (κ1) is 16.2. The second kappa shape index (κ2) is 7.04. The molecular weight excluding hydrogens is 284 g/mol. The fraction of sp³-hybridized carbons (Fsp3) is 0.500. The molecule has 20 heavy (non-hydrogen) atoms. The normalized spacial score (nSPS) is 11.8. The number of nitro groups is 1. The summed E-state index contributed by atoms with van der Waals surface area (Å²) in [5.41, 5.74) is -0.191. The van der Waals surface area contributed by atoms with Crippen molar-refractivity contribution in [2.45, 2.75) is 26.8 Å². The van der Waals surface area contributed by atoms with Gasteiger partial charge in [-0.2, -0.15) is 0 Å². The molecule has 0 aromatic carbocycles. The van der Waals surface area contributed by atoms with Crippen molar-refractivity contribution >= 4 is 29.0 Å². The zero-order chi connectivity index (χ0) is 15.3. The van der Waals surface area contributed by atoms with Crippen LogP contribution in [0.15, 0.2) is 12.3 Å². The van der Waals surface area contributed by atoms with Gasteiger partial charge < -0.3 is 10.2 Å². The van der Waals surface area contributed by atoms with E-state index in [1.54, 1.807) is 11.8 Å². The van der Waals surface area contributed by atoms with Gasteiger partial charge in [0, 0.05) is 19.2 Å². The third-order valence-corrected chi connectivity index (χ3v) is 3.12. The van der Waals surface area contributed by atoms with Gasteiger partial charge in [-0.25, -0.2) is 4.98 Å². The van der Waals surface area contributed by atoms with Gasteiger partial charge in [-0.15, -0.1) is 0 Å². The third kappa shape index (κ3) is 3.80. The molecule has 0 aliphatic carbocycles. The summed E-state index contributed by atoms with van der Waals surface area (Å²) >= 11 is 5.92. The molecular formula is C12H17ClN4O3. The monoisotopic (exact) mass is 300 g/mol. The van der Waals surface area contributed by atoms with Crippen molar-refractivity contribution in [3.05, 3.63) is 27.4 Å².